The smallest absolute Gasteiger partial charge is 0.131 e. The van der Waals surface area contributed by atoms with Crippen molar-refractivity contribution in [2.24, 2.45) is 0 Å². The van der Waals surface area contributed by atoms with Crippen molar-refractivity contribution in [2.45, 2.75) is 32.9 Å². The summed E-state index contributed by atoms with van der Waals surface area (Å²) in [6.07, 6.45) is 1.05. The summed E-state index contributed by atoms with van der Waals surface area (Å²) in [5, 5.41) is 5.51. The molecule has 0 aliphatic carbocycles. The molecule has 0 amide bonds. The fourth-order valence-electron chi connectivity index (χ4n) is 2.08. The van der Waals surface area contributed by atoms with E-state index >= 15 is 0 Å². The van der Waals surface area contributed by atoms with Crippen molar-refractivity contribution < 1.29 is 4.74 Å². The third kappa shape index (κ3) is 3.78. The summed E-state index contributed by atoms with van der Waals surface area (Å²) in [5.41, 5.74) is 4.04. The molecule has 4 heteroatoms. The minimum absolute atomic E-state index is 0.344. The van der Waals surface area contributed by atoms with Gasteiger partial charge in [0.05, 0.1) is 11.2 Å². The van der Waals surface area contributed by atoms with Crippen LogP contribution in [0.25, 0.3) is 0 Å². The maximum atomic E-state index is 5.91. The van der Waals surface area contributed by atoms with Crippen LogP contribution in [-0.2, 0) is 6.61 Å². The molecule has 1 heterocycles. The summed E-state index contributed by atoms with van der Waals surface area (Å²) in [7, 11) is 0. The van der Waals surface area contributed by atoms with Crippen LogP contribution in [0.2, 0.25) is 0 Å². The predicted molar refractivity (Wildman–Crippen MR) is 79.6 cm³/mol. The molecule has 0 aliphatic rings. The average Bonchev–Trinajstić information content (AvgIpc) is 2.96. The Hall–Kier alpha value is -1.39. The normalized spacial score (nSPS) is 12.3. The van der Waals surface area contributed by atoms with E-state index in [0.717, 1.165) is 24.4 Å². The predicted octanol–water partition coefficient (Wildman–Crippen LogP) is 3.78. The monoisotopic (exact) mass is 276 g/mol. The van der Waals surface area contributed by atoms with Gasteiger partial charge < -0.3 is 10.1 Å². The Labute approximate surface area is 118 Å². The van der Waals surface area contributed by atoms with Gasteiger partial charge in [0.15, 0.2) is 0 Å². The van der Waals surface area contributed by atoms with Crippen molar-refractivity contribution >= 4 is 11.3 Å². The van der Waals surface area contributed by atoms with E-state index in [-0.39, 0.29) is 0 Å². The third-order valence-electron chi connectivity index (χ3n) is 3.01. The Balaban J connectivity index is 2.11. The molecule has 0 spiro atoms. The number of aromatic nitrogens is 1. The Kier molecular flexibility index (Phi) is 5.36. The van der Waals surface area contributed by atoms with Gasteiger partial charge >= 0.3 is 0 Å². The third-order valence-corrected chi connectivity index (χ3v) is 3.65. The number of para-hydroxylation sites is 1. The van der Waals surface area contributed by atoms with Crippen LogP contribution in [0.1, 0.15) is 37.6 Å². The maximum absolute atomic E-state index is 5.91. The molecule has 1 unspecified atom stereocenters. The summed E-state index contributed by atoms with van der Waals surface area (Å²) in [5.74, 6) is 0.948. The molecule has 0 bridgehead atoms. The lowest BCUT2D eigenvalue weighted by Gasteiger charge is -2.19. The maximum Gasteiger partial charge on any atom is 0.131 e. The van der Waals surface area contributed by atoms with Crippen molar-refractivity contribution in [1.29, 1.82) is 0 Å². The molecule has 2 aromatic rings. The van der Waals surface area contributed by atoms with Crippen molar-refractivity contribution in [3.8, 4) is 5.75 Å². The molecule has 102 valence electrons. The lowest BCUT2D eigenvalue weighted by Crippen LogP contribution is -2.20. The van der Waals surface area contributed by atoms with E-state index in [0.29, 0.717) is 12.6 Å². The zero-order valence-corrected chi connectivity index (χ0v) is 12.2. The summed E-state index contributed by atoms with van der Waals surface area (Å²) < 4.78 is 5.91. The van der Waals surface area contributed by atoms with Crippen LogP contribution >= 0.6 is 11.3 Å². The molecule has 1 atom stereocenters. The quantitative estimate of drug-likeness (QED) is 0.835. The van der Waals surface area contributed by atoms with Crippen molar-refractivity contribution in [2.75, 3.05) is 6.54 Å². The van der Waals surface area contributed by atoms with Crippen LogP contribution < -0.4 is 10.1 Å². The molecule has 0 saturated heterocycles. The molecule has 1 N–H and O–H groups in total. The first-order valence-electron chi connectivity index (χ1n) is 6.67. The molecular formula is C15H20N2OS. The van der Waals surface area contributed by atoms with E-state index in [1.807, 2.05) is 23.0 Å². The lowest BCUT2D eigenvalue weighted by molar-refractivity contribution is 0.294. The van der Waals surface area contributed by atoms with E-state index in [1.165, 1.54) is 5.56 Å². The highest BCUT2D eigenvalue weighted by atomic mass is 32.1. The minimum atomic E-state index is 0.344. The van der Waals surface area contributed by atoms with Gasteiger partial charge in [-0.05, 0) is 19.0 Å². The number of hydrogen-bond donors (Lipinski definition) is 1. The molecule has 3 nitrogen and oxygen atoms in total. The Morgan fingerprint density at radius 2 is 2.16 bits per heavy atom. The molecule has 1 aromatic heterocycles. The first-order valence-corrected chi connectivity index (χ1v) is 7.61. The summed E-state index contributed by atoms with van der Waals surface area (Å²) in [6, 6.07) is 8.58. The number of thiazole rings is 1. The molecular weight excluding hydrogens is 256 g/mol. The first-order chi connectivity index (χ1) is 9.35. The second-order valence-corrected chi connectivity index (χ2v) is 5.04. The van der Waals surface area contributed by atoms with Gasteiger partial charge in [0.25, 0.3) is 0 Å². The SMILES string of the molecule is CCNC(CC)c1ccccc1OCc1cscn1. The van der Waals surface area contributed by atoms with Crippen LogP contribution in [0.5, 0.6) is 5.75 Å². The fourth-order valence-corrected chi connectivity index (χ4v) is 2.62. The zero-order valence-electron chi connectivity index (χ0n) is 11.4. The standard InChI is InChI=1S/C15H20N2OS/c1-3-14(16-4-2)13-7-5-6-8-15(13)18-9-12-10-19-11-17-12/h5-8,10-11,14,16H,3-4,9H2,1-2H3. The van der Waals surface area contributed by atoms with Crippen LogP contribution in [0.3, 0.4) is 0 Å². The number of ether oxygens (including phenoxy) is 1. The van der Waals surface area contributed by atoms with Crippen LogP contribution in [0.15, 0.2) is 35.2 Å². The van der Waals surface area contributed by atoms with Gasteiger partial charge in [-0.2, -0.15) is 0 Å². The summed E-state index contributed by atoms with van der Waals surface area (Å²) in [6.45, 7) is 5.80. The first kappa shape index (κ1) is 14.0. The number of nitrogens with one attached hydrogen (secondary N) is 1. The number of rotatable bonds is 7. The van der Waals surface area contributed by atoms with Crippen LogP contribution in [-0.4, -0.2) is 11.5 Å². The molecule has 1 aromatic carbocycles. The topological polar surface area (TPSA) is 34.1 Å². The summed E-state index contributed by atoms with van der Waals surface area (Å²) in [4.78, 5) is 4.24. The highest BCUT2D eigenvalue weighted by Crippen LogP contribution is 2.27. The van der Waals surface area contributed by atoms with E-state index in [2.05, 4.69) is 36.3 Å². The summed E-state index contributed by atoms with van der Waals surface area (Å²) >= 11 is 1.59. The van der Waals surface area contributed by atoms with Gasteiger partial charge in [-0.15, -0.1) is 11.3 Å². The van der Waals surface area contributed by atoms with Gasteiger partial charge in [0.1, 0.15) is 12.4 Å². The molecule has 0 aliphatic heterocycles. The van der Waals surface area contributed by atoms with Crippen molar-refractivity contribution in [3.63, 3.8) is 0 Å². The highest BCUT2D eigenvalue weighted by Gasteiger charge is 2.13. The molecule has 0 saturated carbocycles. The zero-order chi connectivity index (χ0) is 13.5. The minimum Gasteiger partial charge on any atom is -0.487 e. The van der Waals surface area contributed by atoms with Crippen molar-refractivity contribution in [3.05, 3.63) is 46.4 Å². The van der Waals surface area contributed by atoms with E-state index in [1.54, 1.807) is 11.3 Å². The Morgan fingerprint density at radius 1 is 1.32 bits per heavy atom. The van der Waals surface area contributed by atoms with Gasteiger partial charge in [0.2, 0.25) is 0 Å². The van der Waals surface area contributed by atoms with Crippen LogP contribution in [0, 0.1) is 0 Å². The van der Waals surface area contributed by atoms with Gasteiger partial charge in [0, 0.05) is 17.0 Å². The lowest BCUT2D eigenvalue weighted by atomic mass is 10.0. The Bertz CT molecular complexity index is 485. The molecule has 19 heavy (non-hydrogen) atoms. The highest BCUT2D eigenvalue weighted by molar-refractivity contribution is 7.07. The number of nitrogens with zero attached hydrogens (tertiary/aromatic N) is 1. The van der Waals surface area contributed by atoms with E-state index < -0.39 is 0 Å². The van der Waals surface area contributed by atoms with E-state index in [4.69, 9.17) is 4.74 Å². The van der Waals surface area contributed by atoms with Gasteiger partial charge in [-0.25, -0.2) is 4.98 Å². The van der Waals surface area contributed by atoms with Crippen LogP contribution in [0.4, 0.5) is 0 Å². The Morgan fingerprint density at radius 3 is 2.84 bits per heavy atom. The van der Waals surface area contributed by atoms with Crippen molar-refractivity contribution in [1.82, 2.24) is 10.3 Å². The molecule has 2 rings (SSSR count). The second-order valence-electron chi connectivity index (χ2n) is 4.32. The largest absolute Gasteiger partial charge is 0.487 e. The number of benzene rings is 1. The second kappa shape index (κ2) is 7.26. The number of hydrogen-bond acceptors (Lipinski definition) is 4. The van der Waals surface area contributed by atoms with Gasteiger partial charge in [-0.1, -0.05) is 32.0 Å². The molecule has 0 radical (unpaired) electrons. The van der Waals surface area contributed by atoms with Gasteiger partial charge in [-0.3, -0.25) is 0 Å². The molecule has 0 fully saturated rings. The average molecular weight is 276 g/mol. The van der Waals surface area contributed by atoms with E-state index in [9.17, 15) is 0 Å². The fraction of sp³-hybridized carbons (Fsp3) is 0.400.